The maximum atomic E-state index is 13.2. The first kappa shape index (κ1) is 23.5. The number of aromatic nitrogens is 1. The Labute approximate surface area is 202 Å². The number of likely N-dealkylation sites (N-methyl/N-ethyl adjacent to an activating group) is 1. The van der Waals surface area contributed by atoms with E-state index in [0.29, 0.717) is 11.6 Å². The topological polar surface area (TPSA) is 36.4 Å². The van der Waals surface area contributed by atoms with Gasteiger partial charge in [-0.1, -0.05) is 48.5 Å². The van der Waals surface area contributed by atoms with Crippen LogP contribution < -0.4 is 0 Å². The molecule has 1 unspecified atom stereocenters. The van der Waals surface area contributed by atoms with Crippen molar-refractivity contribution in [3.8, 4) is 0 Å². The number of hydrogen-bond acceptors (Lipinski definition) is 4. The zero-order chi connectivity index (χ0) is 23.0. The van der Waals surface area contributed by atoms with Crippen molar-refractivity contribution in [2.75, 3.05) is 26.4 Å². The van der Waals surface area contributed by atoms with Crippen LogP contribution in [-0.2, 0) is 13.0 Å². The molecule has 1 amide bonds. The fourth-order valence-corrected chi connectivity index (χ4v) is 5.19. The minimum Gasteiger partial charge on any atom is -0.337 e. The standard InChI is InChI=1S/C28H33N3OS/c1-30(28(32)26-10-6-7-17-29-26)27(20-22-8-4-3-5-9-22)24-15-18-31(19-16-24)21-23-11-13-25(33-2)14-12-23/h3-14,17,24,27H,15-16,18-21H2,1-2H3. The van der Waals surface area contributed by atoms with Crippen LogP contribution in [-0.4, -0.2) is 53.1 Å². The van der Waals surface area contributed by atoms with Gasteiger partial charge in [0.1, 0.15) is 5.69 Å². The number of carbonyl (C=O) groups is 1. The average Bonchev–Trinajstić information content (AvgIpc) is 2.88. The van der Waals surface area contributed by atoms with E-state index in [9.17, 15) is 4.79 Å². The number of benzene rings is 2. The molecule has 2 heterocycles. The lowest BCUT2D eigenvalue weighted by Gasteiger charge is -2.40. The number of pyridine rings is 1. The largest absolute Gasteiger partial charge is 0.337 e. The van der Waals surface area contributed by atoms with Crippen LogP contribution in [0.4, 0.5) is 0 Å². The monoisotopic (exact) mass is 459 g/mol. The third-order valence-electron chi connectivity index (χ3n) is 6.73. The number of piperidine rings is 1. The summed E-state index contributed by atoms with van der Waals surface area (Å²) in [5.74, 6) is 0.478. The van der Waals surface area contributed by atoms with Crippen molar-refractivity contribution >= 4 is 17.7 Å². The molecule has 1 aliphatic rings. The van der Waals surface area contributed by atoms with Crippen LogP contribution in [0.25, 0.3) is 0 Å². The van der Waals surface area contributed by atoms with Gasteiger partial charge in [0.25, 0.3) is 5.91 Å². The van der Waals surface area contributed by atoms with Crippen molar-refractivity contribution in [2.45, 2.75) is 36.7 Å². The predicted octanol–water partition coefficient (Wildman–Crippen LogP) is 5.40. The molecule has 5 heteroatoms. The summed E-state index contributed by atoms with van der Waals surface area (Å²) in [6, 6.07) is 25.1. The molecule has 3 aromatic rings. The highest BCUT2D eigenvalue weighted by atomic mass is 32.2. The van der Waals surface area contributed by atoms with Crippen molar-refractivity contribution in [2.24, 2.45) is 5.92 Å². The molecule has 33 heavy (non-hydrogen) atoms. The Morgan fingerprint density at radius 3 is 2.33 bits per heavy atom. The zero-order valence-corrected chi connectivity index (χ0v) is 20.4. The van der Waals surface area contributed by atoms with Crippen molar-refractivity contribution in [1.82, 2.24) is 14.8 Å². The summed E-state index contributed by atoms with van der Waals surface area (Å²) in [7, 11) is 1.95. The van der Waals surface area contributed by atoms with Gasteiger partial charge in [-0.05, 0) is 79.9 Å². The molecule has 0 aliphatic carbocycles. The maximum absolute atomic E-state index is 13.2. The molecule has 1 atom stereocenters. The quantitative estimate of drug-likeness (QED) is 0.423. The summed E-state index contributed by atoms with van der Waals surface area (Å²) in [4.78, 5) is 23.3. The van der Waals surface area contributed by atoms with E-state index in [0.717, 1.165) is 38.9 Å². The minimum absolute atomic E-state index is 0.00726. The molecule has 0 bridgehead atoms. The lowest BCUT2D eigenvalue weighted by Crippen LogP contribution is -2.47. The summed E-state index contributed by atoms with van der Waals surface area (Å²) in [6.07, 6.45) is 6.87. The van der Waals surface area contributed by atoms with Gasteiger partial charge in [0.15, 0.2) is 0 Å². The fraction of sp³-hybridized carbons (Fsp3) is 0.357. The van der Waals surface area contributed by atoms with Gasteiger partial charge in [-0.2, -0.15) is 0 Å². The Bertz CT molecular complexity index is 1000. The van der Waals surface area contributed by atoms with E-state index in [4.69, 9.17) is 0 Å². The molecule has 2 aromatic carbocycles. The van der Waals surface area contributed by atoms with Crippen LogP contribution in [0.1, 0.15) is 34.5 Å². The Morgan fingerprint density at radius 2 is 1.70 bits per heavy atom. The molecule has 0 saturated carbocycles. The molecule has 1 fully saturated rings. The maximum Gasteiger partial charge on any atom is 0.272 e. The summed E-state index contributed by atoms with van der Waals surface area (Å²) in [5.41, 5.74) is 3.17. The van der Waals surface area contributed by atoms with Crippen LogP contribution in [0.5, 0.6) is 0 Å². The third kappa shape index (κ3) is 6.24. The summed E-state index contributed by atoms with van der Waals surface area (Å²) in [5, 5.41) is 0. The van der Waals surface area contributed by atoms with Crippen LogP contribution in [0, 0.1) is 5.92 Å². The van der Waals surface area contributed by atoms with Gasteiger partial charge >= 0.3 is 0 Å². The first-order chi connectivity index (χ1) is 16.1. The van der Waals surface area contributed by atoms with E-state index in [1.54, 1.807) is 18.0 Å². The van der Waals surface area contributed by atoms with E-state index < -0.39 is 0 Å². The number of likely N-dealkylation sites (tertiary alicyclic amines) is 1. The molecule has 0 radical (unpaired) electrons. The van der Waals surface area contributed by atoms with E-state index in [2.05, 4.69) is 64.7 Å². The first-order valence-electron chi connectivity index (χ1n) is 11.7. The fourth-order valence-electron chi connectivity index (χ4n) is 4.78. The zero-order valence-electron chi connectivity index (χ0n) is 19.6. The molecule has 1 saturated heterocycles. The smallest absolute Gasteiger partial charge is 0.272 e. The second kappa shape index (κ2) is 11.5. The van der Waals surface area contributed by atoms with Gasteiger partial charge in [0.2, 0.25) is 0 Å². The molecule has 0 spiro atoms. The molecular formula is C28H33N3OS. The van der Waals surface area contributed by atoms with E-state index in [-0.39, 0.29) is 11.9 Å². The van der Waals surface area contributed by atoms with E-state index in [1.165, 1.54) is 16.0 Å². The Hall–Kier alpha value is -2.63. The highest BCUT2D eigenvalue weighted by Crippen LogP contribution is 2.28. The van der Waals surface area contributed by atoms with Crippen LogP contribution in [0.2, 0.25) is 0 Å². The Balaban J connectivity index is 1.43. The molecule has 172 valence electrons. The molecule has 4 nitrogen and oxygen atoms in total. The lowest BCUT2D eigenvalue weighted by atomic mass is 9.84. The molecular weight excluding hydrogens is 426 g/mol. The third-order valence-corrected chi connectivity index (χ3v) is 7.47. The van der Waals surface area contributed by atoms with Gasteiger partial charge in [-0.3, -0.25) is 14.7 Å². The number of carbonyl (C=O) groups excluding carboxylic acids is 1. The normalized spacial score (nSPS) is 15.8. The highest BCUT2D eigenvalue weighted by molar-refractivity contribution is 7.98. The minimum atomic E-state index is 0.00726. The van der Waals surface area contributed by atoms with E-state index in [1.807, 2.05) is 36.2 Å². The van der Waals surface area contributed by atoms with Crippen molar-refractivity contribution in [3.63, 3.8) is 0 Å². The van der Waals surface area contributed by atoms with Gasteiger partial charge in [0.05, 0.1) is 0 Å². The van der Waals surface area contributed by atoms with Gasteiger partial charge in [0, 0.05) is 30.7 Å². The second-order valence-corrected chi connectivity index (χ2v) is 9.73. The van der Waals surface area contributed by atoms with Gasteiger partial charge < -0.3 is 4.90 Å². The number of hydrogen-bond donors (Lipinski definition) is 0. The predicted molar refractivity (Wildman–Crippen MR) is 136 cm³/mol. The van der Waals surface area contributed by atoms with Crippen molar-refractivity contribution < 1.29 is 4.79 Å². The van der Waals surface area contributed by atoms with E-state index >= 15 is 0 Å². The van der Waals surface area contributed by atoms with Crippen LogP contribution >= 0.6 is 11.8 Å². The SMILES string of the molecule is CSc1ccc(CN2CCC(C(Cc3ccccc3)N(C)C(=O)c3ccccn3)CC2)cc1. The Morgan fingerprint density at radius 1 is 1.00 bits per heavy atom. The van der Waals surface area contributed by atoms with Gasteiger partial charge in [-0.25, -0.2) is 0 Å². The molecule has 1 aromatic heterocycles. The van der Waals surface area contributed by atoms with Gasteiger partial charge in [-0.15, -0.1) is 11.8 Å². The highest BCUT2D eigenvalue weighted by Gasteiger charge is 2.32. The van der Waals surface area contributed by atoms with Crippen molar-refractivity contribution in [1.29, 1.82) is 0 Å². The van der Waals surface area contributed by atoms with Crippen molar-refractivity contribution in [3.05, 3.63) is 95.8 Å². The molecule has 1 aliphatic heterocycles. The first-order valence-corrected chi connectivity index (χ1v) is 12.9. The molecule has 4 rings (SSSR count). The summed E-state index contributed by atoms with van der Waals surface area (Å²) >= 11 is 1.78. The summed E-state index contributed by atoms with van der Waals surface area (Å²) < 4.78 is 0. The second-order valence-electron chi connectivity index (χ2n) is 8.85. The number of amides is 1. The number of rotatable bonds is 8. The Kier molecular flexibility index (Phi) is 8.19. The summed E-state index contributed by atoms with van der Waals surface area (Å²) in [6.45, 7) is 3.12. The molecule has 0 N–H and O–H groups in total. The average molecular weight is 460 g/mol. The number of nitrogens with zero attached hydrogens (tertiary/aromatic N) is 3. The lowest BCUT2D eigenvalue weighted by molar-refractivity contribution is 0.0579. The number of thioether (sulfide) groups is 1. The van der Waals surface area contributed by atoms with Crippen LogP contribution in [0.3, 0.4) is 0 Å². The van der Waals surface area contributed by atoms with Crippen LogP contribution in [0.15, 0.2) is 83.9 Å².